The number of H-pyrrole nitrogens is 1. The van der Waals surface area contributed by atoms with Crippen molar-refractivity contribution in [3.63, 3.8) is 0 Å². The van der Waals surface area contributed by atoms with Gasteiger partial charge in [-0.1, -0.05) is 12.1 Å². The summed E-state index contributed by atoms with van der Waals surface area (Å²) in [4.78, 5) is 16.7. The van der Waals surface area contributed by atoms with Gasteiger partial charge in [0.15, 0.2) is 0 Å². The van der Waals surface area contributed by atoms with Crippen LogP contribution in [0.3, 0.4) is 0 Å². The molecule has 0 aliphatic carbocycles. The van der Waals surface area contributed by atoms with Gasteiger partial charge in [-0.15, -0.1) is 0 Å². The maximum atomic E-state index is 13.1. The highest BCUT2D eigenvalue weighted by molar-refractivity contribution is 5.20. The number of hydrogen-bond donors (Lipinski definition) is 1. The zero-order valence-corrected chi connectivity index (χ0v) is 13.5. The number of halogens is 1. The smallest absolute Gasteiger partial charge is 0.304 e. The van der Waals surface area contributed by atoms with Crippen LogP contribution in [0, 0.1) is 5.82 Å². The minimum absolute atomic E-state index is 0.190. The molecular formula is C16H22FN5O. The molecular weight excluding hydrogens is 297 g/mol. The molecule has 1 aromatic carbocycles. The molecule has 0 saturated carbocycles. The van der Waals surface area contributed by atoms with E-state index in [1.165, 1.54) is 12.1 Å². The molecule has 1 aliphatic rings. The van der Waals surface area contributed by atoms with E-state index in [4.69, 9.17) is 0 Å². The van der Waals surface area contributed by atoms with E-state index in [1.807, 2.05) is 6.92 Å². The van der Waals surface area contributed by atoms with E-state index >= 15 is 0 Å². The molecule has 0 amide bonds. The van der Waals surface area contributed by atoms with Crippen molar-refractivity contribution in [2.24, 2.45) is 0 Å². The zero-order valence-electron chi connectivity index (χ0n) is 13.5. The van der Waals surface area contributed by atoms with Gasteiger partial charge < -0.3 is 4.90 Å². The maximum absolute atomic E-state index is 13.1. The van der Waals surface area contributed by atoms with E-state index in [0.717, 1.165) is 37.6 Å². The second kappa shape index (κ2) is 6.64. The van der Waals surface area contributed by atoms with Gasteiger partial charge >= 0.3 is 5.69 Å². The lowest BCUT2D eigenvalue weighted by Gasteiger charge is -2.32. The summed E-state index contributed by atoms with van der Waals surface area (Å²) in [7, 11) is 2.11. The summed E-state index contributed by atoms with van der Waals surface area (Å²) in [5.74, 6) is 0.439. The predicted molar refractivity (Wildman–Crippen MR) is 85.8 cm³/mol. The molecule has 1 aromatic heterocycles. The SMILES string of the molecule is C[C@@H](c1ccc(F)cc1)n1c(CN2CCN(C)CC2)n[nH]c1=O. The average Bonchev–Trinajstić information content (AvgIpc) is 2.90. The summed E-state index contributed by atoms with van der Waals surface area (Å²) in [5.41, 5.74) is 0.653. The number of benzene rings is 1. The van der Waals surface area contributed by atoms with Crippen LogP contribution in [0.4, 0.5) is 4.39 Å². The molecule has 23 heavy (non-hydrogen) atoms. The number of likely N-dealkylation sites (N-methyl/N-ethyl adjacent to an activating group) is 1. The van der Waals surface area contributed by atoms with Crippen LogP contribution in [0.15, 0.2) is 29.1 Å². The Morgan fingerprint density at radius 1 is 1.22 bits per heavy atom. The minimum Gasteiger partial charge on any atom is -0.304 e. The largest absolute Gasteiger partial charge is 0.343 e. The van der Waals surface area contributed by atoms with Crippen LogP contribution in [0.1, 0.15) is 24.4 Å². The Hall–Kier alpha value is -1.99. The highest BCUT2D eigenvalue weighted by Gasteiger charge is 2.20. The molecule has 0 radical (unpaired) electrons. The fourth-order valence-corrected chi connectivity index (χ4v) is 2.94. The van der Waals surface area contributed by atoms with Gasteiger partial charge in [0.1, 0.15) is 11.6 Å². The molecule has 1 atom stereocenters. The third kappa shape index (κ3) is 3.51. The van der Waals surface area contributed by atoms with Crippen LogP contribution < -0.4 is 5.69 Å². The van der Waals surface area contributed by atoms with Crippen molar-refractivity contribution in [3.8, 4) is 0 Å². The molecule has 2 heterocycles. The van der Waals surface area contributed by atoms with Crippen LogP contribution >= 0.6 is 0 Å². The Bertz CT molecular complexity index is 700. The van der Waals surface area contributed by atoms with Gasteiger partial charge in [-0.3, -0.25) is 9.47 Å². The van der Waals surface area contributed by atoms with Crippen molar-refractivity contribution < 1.29 is 4.39 Å². The van der Waals surface area contributed by atoms with E-state index in [-0.39, 0.29) is 17.5 Å². The first-order valence-corrected chi connectivity index (χ1v) is 7.87. The molecule has 1 aliphatic heterocycles. The van der Waals surface area contributed by atoms with Gasteiger partial charge in [0.05, 0.1) is 12.6 Å². The Balaban J connectivity index is 1.81. The van der Waals surface area contributed by atoms with Gasteiger partial charge in [0.2, 0.25) is 0 Å². The highest BCUT2D eigenvalue weighted by Crippen LogP contribution is 2.18. The average molecular weight is 319 g/mol. The lowest BCUT2D eigenvalue weighted by molar-refractivity contribution is 0.143. The molecule has 124 valence electrons. The summed E-state index contributed by atoms with van der Waals surface area (Å²) in [6.07, 6.45) is 0. The Kier molecular flexibility index (Phi) is 4.58. The summed E-state index contributed by atoms with van der Waals surface area (Å²) in [6, 6.07) is 6.05. The standard InChI is InChI=1S/C16H22FN5O/c1-12(13-3-5-14(17)6-4-13)22-15(18-19-16(22)23)11-21-9-7-20(2)8-10-21/h3-6,12H,7-11H2,1-2H3,(H,19,23)/t12-/m0/s1. The number of hydrogen-bond acceptors (Lipinski definition) is 4. The fourth-order valence-electron chi connectivity index (χ4n) is 2.94. The normalized spacial score (nSPS) is 18.2. The number of aromatic nitrogens is 3. The molecule has 1 N–H and O–H groups in total. The summed E-state index contributed by atoms with van der Waals surface area (Å²) < 4.78 is 14.8. The second-order valence-electron chi connectivity index (χ2n) is 6.12. The van der Waals surface area contributed by atoms with Gasteiger partial charge in [0, 0.05) is 26.2 Å². The molecule has 1 fully saturated rings. The summed E-state index contributed by atoms with van der Waals surface area (Å²) >= 11 is 0. The van der Waals surface area contributed by atoms with Crippen LogP contribution in [0.5, 0.6) is 0 Å². The summed E-state index contributed by atoms with van der Waals surface area (Å²) in [6.45, 7) is 6.52. The van der Waals surface area contributed by atoms with E-state index in [0.29, 0.717) is 6.54 Å². The van der Waals surface area contributed by atoms with E-state index < -0.39 is 0 Å². The van der Waals surface area contributed by atoms with E-state index in [2.05, 4.69) is 27.0 Å². The van der Waals surface area contributed by atoms with E-state index in [1.54, 1.807) is 16.7 Å². The molecule has 0 bridgehead atoms. The lowest BCUT2D eigenvalue weighted by atomic mass is 10.1. The predicted octanol–water partition coefficient (Wildman–Crippen LogP) is 1.07. The van der Waals surface area contributed by atoms with Crippen molar-refractivity contribution in [2.45, 2.75) is 19.5 Å². The number of piperazine rings is 1. The highest BCUT2D eigenvalue weighted by atomic mass is 19.1. The van der Waals surface area contributed by atoms with E-state index in [9.17, 15) is 9.18 Å². The molecule has 7 heteroatoms. The van der Waals surface area contributed by atoms with Crippen LogP contribution in [-0.4, -0.2) is 57.8 Å². The molecule has 6 nitrogen and oxygen atoms in total. The molecule has 0 spiro atoms. The molecule has 1 saturated heterocycles. The first-order valence-electron chi connectivity index (χ1n) is 7.87. The van der Waals surface area contributed by atoms with Crippen LogP contribution in [-0.2, 0) is 6.54 Å². The lowest BCUT2D eigenvalue weighted by Crippen LogP contribution is -2.44. The number of rotatable bonds is 4. The van der Waals surface area contributed by atoms with Crippen molar-refractivity contribution in [3.05, 3.63) is 52.0 Å². The first kappa shape index (κ1) is 15.9. The fraction of sp³-hybridized carbons (Fsp3) is 0.500. The third-order valence-corrected chi connectivity index (χ3v) is 4.48. The number of aromatic amines is 1. The second-order valence-corrected chi connectivity index (χ2v) is 6.12. The van der Waals surface area contributed by atoms with Gasteiger partial charge in [-0.2, -0.15) is 5.10 Å². The van der Waals surface area contributed by atoms with Gasteiger partial charge in [0.25, 0.3) is 0 Å². The van der Waals surface area contributed by atoms with Crippen LogP contribution in [0.25, 0.3) is 0 Å². The van der Waals surface area contributed by atoms with Gasteiger partial charge in [-0.25, -0.2) is 14.3 Å². The first-order chi connectivity index (χ1) is 11.0. The monoisotopic (exact) mass is 319 g/mol. The molecule has 0 unspecified atom stereocenters. The van der Waals surface area contributed by atoms with Crippen molar-refractivity contribution in [1.29, 1.82) is 0 Å². The Labute approximate surface area is 134 Å². The maximum Gasteiger partial charge on any atom is 0.343 e. The Morgan fingerprint density at radius 2 is 1.87 bits per heavy atom. The zero-order chi connectivity index (χ0) is 16.4. The topological polar surface area (TPSA) is 57.2 Å². The number of nitrogens with one attached hydrogen (secondary N) is 1. The van der Waals surface area contributed by atoms with Crippen molar-refractivity contribution >= 4 is 0 Å². The van der Waals surface area contributed by atoms with Gasteiger partial charge in [-0.05, 0) is 31.7 Å². The molecule has 3 rings (SSSR count). The molecule has 2 aromatic rings. The van der Waals surface area contributed by atoms with Crippen LogP contribution in [0.2, 0.25) is 0 Å². The number of nitrogens with zero attached hydrogens (tertiary/aromatic N) is 4. The van der Waals surface area contributed by atoms with Crippen molar-refractivity contribution in [1.82, 2.24) is 24.6 Å². The third-order valence-electron chi connectivity index (χ3n) is 4.48. The minimum atomic E-state index is -0.279. The van der Waals surface area contributed by atoms with Crippen molar-refractivity contribution in [2.75, 3.05) is 33.2 Å². The summed E-state index contributed by atoms with van der Waals surface area (Å²) in [5, 5.41) is 6.73. The quantitative estimate of drug-likeness (QED) is 0.916. The Morgan fingerprint density at radius 3 is 2.52 bits per heavy atom.